The van der Waals surface area contributed by atoms with Crippen molar-refractivity contribution in [1.82, 2.24) is 15.3 Å². The van der Waals surface area contributed by atoms with Crippen molar-refractivity contribution in [3.05, 3.63) is 83.0 Å². The molecule has 4 N–H and O–H groups in total. The minimum Gasteiger partial charge on any atom is -0.394 e. The average molecular weight is 503 g/mol. The lowest BCUT2D eigenvalue weighted by Crippen LogP contribution is -2.45. The molecule has 0 aliphatic heterocycles. The zero-order valence-electron chi connectivity index (χ0n) is 22.4. The van der Waals surface area contributed by atoms with Gasteiger partial charge >= 0.3 is 0 Å². The van der Waals surface area contributed by atoms with Gasteiger partial charge in [0.2, 0.25) is 11.9 Å². The summed E-state index contributed by atoms with van der Waals surface area (Å²) in [5, 5.41) is 14.8. The minimum atomic E-state index is -1.11. The Hall–Kier alpha value is -3.71. The molecule has 1 aromatic carbocycles. The third kappa shape index (κ3) is 7.89. The quantitative estimate of drug-likeness (QED) is 0.268. The predicted octanol–water partition coefficient (Wildman–Crippen LogP) is 5.51. The summed E-state index contributed by atoms with van der Waals surface area (Å²) >= 11 is 0. The van der Waals surface area contributed by atoms with Crippen LogP contribution in [0.4, 0.5) is 5.95 Å². The fourth-order valence-corrected chi connectivity index (χ4v) is 4.51. The molecule has 0 fully saturated rings. The molecule has 0 spiro atoms. The first-order valence-corrected chi connectivity index (χ1v) is 12.7. The molecule has 37 heavy (non-hydrogen) atoms. The molecule has 1 heterocycles. The van der Waals surface area contributed by atoms with Crippen LogP contribution < -0.4 is 10.6 Å². The van der Waals surface area contributed by atoms with Crippen molar-refractivity contribution >= 4 is 28.8 Å². The number of nitrogens with zero attached hydrogens (tertiary/aromatic N) is 1. The van der Waals surface area contributed by atoms with Crippen LogP contribution in [-0.4, -0.2) is 39.5 Å². The number of carbonyl (C=O) groups excluding carboxylic acids is 2. The number of aliphatic hydroxyl groups is 1. The molecule has 2 amide bonds. The van der Waals surface area contributed by atoms with Crippen molar-refractivity contribution in [2.45, 2.75) is 59.9 Å². The van der Waals surface area contributed by atoms with E-state index in [1.165, 1.54) is 30.1 Å². The van der Waals surface area contributed by atoms with Crippen LogP contribution in [0.25, 0.3) is 11.0 Å². The highest BCUT2D eigenvalue weighted by Gasteiger charge is 2.26. The van der Waals surface area contributed by atoms with Gasteiger partial charge in [0.05, 0.1) is 17.6 Å². The zero-order valence-corrected chi connectivity index (χ0v) is 22.4. The van der Waals surface area contributed by atoms with Gasteiger partial charge in [-0.25, -0.2) is 4.98 Å². The molecular formula is C30H38N4O3. The Morgan fingerprint density at radius 3 is 2.65 bits per heavy atom. The number of H-pyrrole nitrogens is 1. The monoisotopic (exact) mass is 502 g/mol. The second kappa shape index (κ2) is 12.5. The number of para-hydroxylation sites is 2. The summed E-state index contributed by atoms with van der Waals surface area (Å²) in [5.41, 5.74) is 6.40. The van der Waals surface area contributed by atoms with E-state index in [2.05, 4.69) is 53.5 Å². The Labute approximate surface area is 219 Å². The van der Waals surface area contributed by atoms with Crippen molar-refractivity contribution in [2.75, 3.05) is 11.9 Å². The standard InChI is InChI=1S/C30H38N4O3/c1-20(15-16-23-22(3)12-9-17-30(23,4)5)10-8-11-21(2)18-27(36)31-26(19-35)28(37)34-29-32-24-13-6-7-14-25(24)33-29/h6-8,10-11,13-16,18,26,35H,9,12,17,19H2,1-5H3,(H,31,36)(H2,32,33,34,37). The number of nitrogens with one attached hydrogen (secondary N) is 3. The molecular weight excluding hydrogens is 464 g/mol. The molecule has 3 rings (SSSR count). The maximum Gasteiger partial charge on any atom is 0.251 e. The Morgan fingerprint density at radius 1 is 1.19 bits per heavy atom. The number of aliphatic hydroxyl groups excluding tert-OH is 1. The van der Waals surface area contributed by atoms with Gasteiger partial charge in [0.15, 0.2) is 0 Å². The summed E-state index contributed by atoms with van der Waals surface area (Å²) in [4.78, 5) is 32.2. The highest BCUT2D eigenvalue weighted by Crippen LogP contribution is 2.40. The van der Waals surface area contributed by atoms with Crippen LogP contribution >= 0.6 is 0 Å². The van der Waals surface area contributed by atoms with E-state index in [4.69, 9.17) is 0 Å². The van der Waals surface area contributed by atoms with E-state index in [0.29, 0.717) is 11.1 Å². The first-order valence-electron chi connectivity index (χ1n) is 12.7. The molecule has 1 atom stereocenters. The van der Waals surface area contributed by atoms with Crippen LogP contribution in [0.3, 0.4) is 0 Å². The van der Waals surface area contributed by atoms with Crippen LogP contribution in [0, 0.1) is 5.41 Å². The molecule has 7 heteroatoms. The van der Waals surface area contributed by atoms with Gasteiger partial charge in [-0.1, -0.05) is 67.5 Å². The number of amides is 2. The van der Waals surface area contributed by atoms with E-state index >= 15 is 0 Å². The largest absolute Gasteiger partial charge is 0.394 e. The number of hydrogen-bond acceptors (Lipinski definition) is 4. The number of fused-ring (bicyclic) bond motifs is 1. The van der Waals surface area contributed by atoms with Gasteiger partial charge in [0, 0.05) is 6.08 Å². The summed E-state index contributed by atoms with van der Waals surface area (Å²) in [7, 11) is 0. The Kier molecular flexibility index (Phi) is 9.42. The maximum absolute atomic E-state index is 12.5. The smallest absolute Gasteiger partial charge is 0.251 e. The predicted molar refractivity (Wildman–Crippen MR) is 150 cm³/mol. The lowest BCUT2D eigenvalue weighted by molar-refractivity contribution is -0.124. The van der Waals surface area contributed by atoms with Gasteiger partial charge in [0.1, 0.15) is 6.04 Å². The second-order valence-electron chi connectivity index (χ2n) is 10.3. The van der Waals surface area contributed by atoms with Crippen molar-refractivity contribution in [3.8, 4) is 0 Å². The molecule has 0 saturated carbocycles. The first-order chi connectivity index (χ1) is 17.6. The van der Waals surface area contributed by atoms with E-state index in [1.54, 1.807) is 6.92 Å². The van der Waals surface area contributed by atoms with E-state index in [0.717, 1.165) is 17.5 Å². The number of anilines is 1. The van der Waals surface area contributed by atoms with E-state index in [9.17, 15) is 14.7 Å². The van der Waals surface area contributed by atoms with Crippen molar-refractivity contribution in [3.63, 3.8) is 0 Å². The summed E-state index contributed by atoms with van der Waals surface area (Å²) in [6.45, 7) is 10.1. The molecule has 0 radical (unpaired) electrons. The number of benzene rings is 1. The molecule has 1 unspecified atom stereocenters. The fraction of sp³-hybridized carbons (Fsp3) is 0.367. The van der Waals surface area contributed by atoms with Gasteiger partial charge in [-0.05, 0) is 68.7 Å². The Bertz CT molecular complexity index is 1260. The highest BCUT2D eigenvalue weighted by atomic mass is 16.3. The van der Waals surface area contributed by atoms with Gasteiger partial charge < -0.3 is 15.4 Å². The molecule has 1 aromatic heterocycles. The van der Waals surface area contributed by atoms with Crippen LogP contribution in [0.2, 0.25) is 0 Å². The third-order valence-corrected chi connectivity index (χ3v) is 6.58. The van der Waals surface area contributed by atoms with Gasteiger partial charge in [-0.2, -0.15) is 0 Å². The highest BCUT2D eigenvalue weighted by molar-refractivity contribution is 5.99. The lowest BCUT2D eigenvalue weighted by Gasteiger charge is -2.32. The zero-order chi connectivity index (χ0) is 27.0. The summed E-state index contributed by atoms with van der Waals surface area (Å²) in [6, 6.07) is 6.25. The fourth-order valence-electron chi connectivity index (χ4n) is 4.51. The van der Waals surface area contributed by atoms with E-state index < -0.39 is 24.5 Å². The number of aromatic nitrogens is 2. The molecule has 0 saturated heterocycles. The van der Waals surface area contributed by atoms with Crippen molar-refractivity contribution in [2.24, 2.45) is 5.41 Å². The molecule has 196 valence electrons. The summed E-state index contributed by atoms with van der Waals surface area (Å²) in [6.07, 6.45) is 15.1. The molecule has 1 aliphatic rings. The van der Waals surface area contributed by atoms with Crippen molar-refractivity contribution < 1.29 is 14.7 Å². The number of allylic oxidation sites excluding steroid dienone is 9. The number of carbonyl (C=O) groups is 2. The number of rotatable bonds is 9. The third-order valence-electron chi connectivity index (χ3n) is 6.58. The van der Waals surface area contributed by atoms with Crippen LogP contribution in [0.1, 0.15) is 53.9 Å². The van der Waals surface area contributed by atoms with E-state index in [-0.39, 0.29) is 11.4 Å². The SMILES string of the molecule is CC(C=CC1=C(C)CCCC1(C)C)=CC=CC(C)=CC(=O)NC(CO)C(=O)Nc1nc2ccccc2[nH]1. The Morgan fingerprint density at radius 2 is 1.95 bits per heavy atom. The molecule has 2 aromatic rings. The maximum atomic E-state index is 12.5. The van der Waals surface area contributed by atoms with Crippen LogP contribution in [0.15, 0.2) is 83.0 Å². The number of aromatic amines is 1. The van der Waals surface area contributed by atoms with Crippen molar-refractivity contribution in [1.29, 1.82) is 0 Å². The molecule has 0 bridgehead atoms. The minimum absolute atomic E-state index is 0.205. The molecule has 7 nitrogen and oxygen atoms in total. The van der Waals surface area contributed by atoms with Gasteiger partial charge in [-0.3, -0.25) is 14.9 Å². The van der Waals surface area contributed by atoms with Gasteiger partial charge in [0.25, 0.3) is 5.91 Å². The average Bonchev–Trinajstić information content (AvgIpc) is 3.24. The second-order valence-corrected chi connectivity index (χ2v) is 10.3. The summed E-state index contributed by atoms with van der Waals surface area (Å²) in [5.74, 6) is -0.778. The first kappa shape index (κ1) is 27.9. The van der Waals surface area contributed by atoms with Crippen LogP contribution in [-0.2, 0) is 9.59 Å². The topological polar surface area (TPSA) is 107 Å². The number of imidazole rings is 1. The Balaban J connectivity index is 1.55. The molecule has 1 aliphatic carbocycles. The van der Waals surface area contributed by atoms with Gasteiger partial charge in [-0.15, -0.1) is 0 Å². The van der Waals surface area contributed by atoms with Crippen LogP contribution in [0.5, 0.6) is 0 Å². The number of hydrogen-bond donors (Lipinski definition) is 4. The normalized spacial score (nSPS) is 17.6. The lowest BCUT2D eigenvalue weighted by atomic mass is 9.72. The van der Waals surface area contributed by atoms with E-state index in [1.807, 2.05) is 49.4 Å². The summed E-state index contributed by atoms with van der Waals surface area (Å²) < 4.78 is 0.